The van der Waals surface area contributed by atoms with Crippen LogP contribution in [0.15, 0.2) is 18.2 Å². The smallest absolute Gasteiger partial charge is 0.429 e. The number of nitrogens with zero attached hydrogens (tertiary/aromatic N) is 1. The molecular weight excluding hydrogens is 369 g/mol. The molecule has 1 fully saturated rings. The molecule has 8 nitrogen and oxygen atoms in total. The molecule has 154 valence electrons. The largest absolute Gasteiger partial charge is 0.494 e. The fourth-order valence-electron chi connectivity index (χ4n) is 2.73. The molecule has 2 N–H and O–H groups in total. The van der Waals surface area contributed by atoms with E-state index in [-0.39, 0.29) is 18.7 Å². The van der Waals surface area contributed by atoms with Gasteiger partial charge in [-0.3, -0.25) is 15.0 Å². The lowest BCUT2D eigenvalue weighted by molar-refractivity contribution is -0.138. The molecule has 0 radical (unpaired) electrons. The Morgan fingerprint density at radius 3 is 2.61 bits per heavy atom. The highest BCUT2D eigenvalue weighted by molar-refractivity contribution is 5.89. The summed E-state index contributed by atoms with van der Waals surface area (Å²) in [6.07, 6.45) is -0.793. The summed E-state index contributed by atoms with van der Waals surface area (Å²) in [5, 5.41) is 3.75. The summed E-state index contributed by atoms with van der Waals surface area (Å²) in [4.78, 5) is 36.7. The number of hydrogen-bond donors (Lipinski definition) is 2. The SMILES string of the molecule is COc1ccc([C@@H](C)NC(=O)[C@H]2CC(=O)NN(C(=O)OC(C)(C)C)C2)cc1F. The highest BCUT2D eigenvalue weighted by Gasteiger charge is 2.35. The Hall–Kier alpha value is -2.84. The van der Waals surface area contributed by atoms with Gasteiger partial charge in [-0.1, -0.05) is 6.07 Å². The van der Waals surface area contributed by atoms with E-state index in [4.69, 9.17) is 9.47 Å². The minimum absolute atomic E-state index is 0.0177. The van der Waals surface area contributed by atoms with Crippen molar-refractivity contribution in [1.29, 1.82) is 0 Å². The van der Waals surface area contributed by atoms with E-state index in [2.05, 4.69) is 10.7 Å². The minimum atomic E-state index is -0.744. The molecule has 0 unspecified atom stereocenters. The van der Waals surface area contributed by atoms with Crippen LogP contribution in [-0.4, -0.2) is 42.2 Å². The summed E-state index contributed by atoms with van der Waals surface area (Å²) in [5.41, 5.74) is 2.22. The average Bonchev–Trinajstić information content (AvgIpc) is 2.59. The highest BCUT2D eigenvalue weighted by atomic mass is 19.1. The standard InChI is InChI=1S/C19H26FN3O5/c1-11(12-6-7-15(27-5)14(20)8-12)21-17(25)13-9-16(24)22-23(10-13)18(26)28-19(2,3)4/h6-8,11,13H,9-10H2,1-5H3,(H,21,25)(H,22,24)/t11-,13+/m1/s1. The molecule has 9 heteroatoms. The lowest BCUT2D eigenvalue weighted by Crippen LogP contribution is -2.57. The molecule has 28 heavy (non-hydrogen) atoms. The molecule has 1 aliphatic heterocycles. The van der Waals surface area contributed by atoms with Gasteiger partial charge in [0.15, 0.2) is 11.6 Å². The number of rotatable bonds is 4. The third kappa shape index (κ3) is 5.58. The summed E-state index contributed by atoms with van der Waals surface area (Å²) in [7, 11) is 1.37. The first kappa shape index (κ1) is 21.5. The van der Waals surface area contributed by atoms with Crippen LogP contribution in [0.1, 0.15) is 45.7 Å². The van der Waals surface area contributed by atoms with Crippen molar-refractivity contribution in [2.75, 3.05) is 13.7 Å². The van der Waals surface area contributed by atoms with Gasteiger partial charge in [-0.2, -0.15) is 0 Å². The highest BCUT2D eigenvalue weighted by Crippen LogP contribution is 2.23. The molecule has 1 heterocycles. The van der Waals surface area contributed by atoms with Crippen molar-refractivity contribution in [2.24, 2.45) is 5.92 Å². The van der Waals surface area contributed by atoms with E-state index >= 15 is 0 Å². The second-order valence-corrected chi connectivity index (χ2v) is 7.65. The zero-order valence-corrected chi connectivity index (χ0v) is 16.7. The molecule has 2 rings (SSSR count). The van der Waals surface area contributed by atoms with Gasteiger partial charge in [0.25, 0.3) is 0 Å². The predicted molar refractivity (Wildman–Crippen MR) is 98.7 cm³/mol. The Balaban J connectivity index is 2.03. The van der Waals surface area contributed by atoms with Gasteiger partial charge in [0.2, 0.25) is 11.8 Å². The summed E-state index contributed by atoms with van der Waals surface area (Å²) in [5.74, 6) is -2.03. The number of hydrogen-bond acceptors (Lipinski definition) is 5. The van der Waals surface area contributed by atoms with Gasteiger partial charge >= 0.3 is 6.09 Å². The van der Waals surface area contributed by atoms with Crippen LogP contribution in [-0.2, 0) is 14.3 Å². The molecule has 0 aromatic heterocycles. The van der Waals surface area contributed by atoms with Crippen LogP contribution in [0.4, 0.5) is 9.18 Å². The first-order valence-corrected chi connectivity index (χ1v) is 8.94. The van der Waals surface area contributed by atoms with Crippen LogP contribution >= 0.6 is 0 Å². The molecule has 1 aromatic carbocycles. The van der Waals surface area contributed by atoms with Crippen LogP contribution in [0.25, 0.3) is 0 Å². The minimum Gasteiger partial charge on any atom is -0.494 e. The summed E-state index contributed by atoms with van der Waals surface area (Å²) >= 11 is 0. The fraction of sp³-hybridized carbons (Fsp3) is 0.526. The van der Waals surface area contributed by atoms with Crippen LogP contribution in [0.2, 0.25) is 0 Å². The Kier molecular flexibility index (Phi) is 6.48. The number of halogens is 1. The van der Waals surface area contributed by atoms with E-state index in [1.165, 1.54) is 19.2 Å². The Bertz CT molecular complexity index is 762. The molecule has 1 aromatic rings. The first-order chi connectivity index (χ1) is 13.0. The predicted octanol–water partition coefficient (Wildman–Crippen LogP) is 2.30. The second kappa shape index (κ2) is 8.45. The van der Waals surface area contributed by atoms with Crippen molar-refractivity contribution in [3.05, 3.63) is 29.6 Å². The van der Waals surface area contributed by atoms with Crippen molar-refractivity contribution >= 4 is 17.9 Å². The van der Waals surface area contributed by atoms with Crippen molar-refractivity contribution in [3.63, 3.8) is 0 Å². The number of benzene rings is 1. The van der Waals surface area contributed by atoms with E-state index in [0.29, 0.717) is 5.56 Å². The first-order valence-electron chi connectivity index (χ1n) is 8.94. The quantitative estimate of drug-likeness (QED) is 0.815. The molecule has 2 atom stereocenters. The number of nitrogens with one attached hydrogen (secondary N) is 2. The maximum atomic E-state index is 13.9. The summed E-state index contributed by atoms with van der Waals surface area (Å²) in [6, 6.07) is 3.91. The number of hydrazine groups is 1. The molecule has 0 aliphatic carbocycles. The van der Waals surface area contributed by atoms with Gasteiger partial charge in [-0.15, -0.1) is 0 Å². The Labute approximate surface area is 163 Å². The van der Waals surface area contributed by atoms with Gasteiger partial charge < -0.3 is 14.8 Å². The second-order valence-electron chi connectivity index (χ2n) is 7.65. The number of carbonyl (C=O) groups excluding carboxylic acids is 3. The lowest BCUT2D eigenvalue weighted by atomic mass is 10.0. The average molecular weight is 395 g/mol. The molecule has 0 spiro atoms. The third-order valence-corrected chi connectivity index (χ3v) is 4.11. The number of carbonyl (C=O) groups is 3. The number of amides is 3. The van der Waals surface area contributed by atoms with E-state index in [1.54, 1.807) is 33.8 Å². The van der Waals surface area contributed by atoms with E-state index in [9.17, 15) is 18.8 Å². The van der Waals surface area contributed by atoms with Gasteiger partial charge in [-0.05, 0) is 45.4 Å². The van der Waals surface area contributed by atoms with Crippen LogP contribution in [0, 0.1) is 11.7 Å². The van der Waals surface area contributed by atoms with Gasteiger partial charge in [-0.25, -0.2) is 14.2 Å². The van der Waals surface area contributed by atoms with Crippen molar-refractivity contribution in [1.82, 2.24) is 15.8 Å². The Morgan fingerprint density at radius 2 is 2.04 bits per heavy atom. The van der Waals surface area contributed by atoms with Crippen LogP contribution in [0.5, 0.6) is 5.75 Å². The molecular formula is C19H26FN3O5. The zero-order valence-electron chi connectivity index (χ0n) is 16.7. The molecule has 0 bridgehead atoms. The zero-order chi connectivity index (χ0) is 21.1. The molecule has 0 saturated carbocycles. The summed E-state index contributed by atoms with van der Waals surface area (Å²) in [6.45, 7) is 6.80. The van der Waals surface area contributed by atoms with Gasteiger partial charge in [0.1, 0.15) is 5.60 Å². The normalized spacial score (nSPS) is 18.1. The topological polar surface area (TPSA) is 97.0 Å². The van der Waals surface area contributed by atoms with Crippen molar-refractivity contribution in [3.8, 4) is 5.75 Å². The van der Waals surface area contributed by atoms with Crippen molar-refractivity contribution < 1.29 is 28.2 Å². The number of methoxy groups -OCH3 is 1. The van der Waals surface area contributed by atoms with Gasteiger partial charge in [0.05, 0.1) is 25.6 Å². The monoisotopic (exact) mass is 395 g/mol. The third-order valence-electron chi connectivity index (χ3n) is 4.11. The molecule has 1 saturated heterocycles. The maximum absolute atomic E-state index is 13.9. The summed E-state index contributed by atoms with van der Waals surface area (Å²) < 4.78 is 24.0. The van der Waals surface area contributed by atoms with Crippen LogP contribution in [0.3, 0.4) is 0 Å². The lowest BCUT2D eigenvalue weighted by Gasteiger charge is -2.33. The van der Waals surface area contributed by atoms with E-state index in [0.717, 1.165) is 5.01 Å². The van der Waals surface area contributed by atoms with Crippen LogP contribution < -0.4 is 15.5 Å². The van der Waals surface area contributed by atoms with E-state index < -0.39 is 41.3 Å². The Morgan fingerprint density at radius 1 is 1.36 bits per heavy atom. The fourth-order valence-corrected chi connectivity index (χ4v) is 2.73. The van der Waals surface area contributed by atoms with Crippen molar-refractivity contribution in [2.45, 2.75) is 45.8 Å². The van der Waals surface area contributed by atoms with Gasteiger partial charge in [0, 0.05) is 6.42 Å². The molecule has 1 aliphatic rings. The number of ether oxygens (including phenoxy) is 2. The maximum Gasteiger partial charge on any atom is 0.429 e. The van der Waals surface area contributed by atoms with E-state index in [1.807, 2.05) is 0 Å². The molecule has 3 amide bonds.